The molecule has 0 saturated carbocycles. The molecule has 0 aliphatic rings. The fourth-order valence-corrected chi connectivity index (χ4v) is 2.46. The molecule has 0 radical (unpaired) electrons. The Kier molecular flexibility index (Phi) is 4.48. The quantitative estimate of drug-likeness (QED) is 0.916. The van der Waals surface area contributed by atoms with Crippen LogP contribution in [0.1, 0.15) is 24.5 Å². The van der Waals surface area contributed by atoms with Gasteiger partial charge >= 0.3 is 0 Å². The Morgan fingerprint density at radius 3 is 2.33 bits per heavy atom. The van der Waals surface area contributed by atoms with Crippen molar-refractivity contribution >= 4 is 0 Å². The molecule has 0 aliphatic carbocycles. The summed E-state index contributed by atoms with van der Waals surface area (Å²) in [5, 5.41) is 11.1. The average Bonchev–Trinajstić information content (AvgIpc) is 2.54. The highest BCUT2D eigenvalue weighted by Crippen LogP contribution is 2.40. The maximum Gasteiger partial charge on any atom is 0.129 e. The Hall–Kier alpha value is -2.07. The normalized spacial score (nSPS) is 13.6. The Morgan fingerprint density at radius 2 is 1.76 bits per heavy atom. The zero-order chi connectivity index (χ0) is 15.5. The topological polar surface area (TPSA) is 38.7 Å². The minimum Gasteiger partial charge on any atom is -0.497 e. The summed E-state index contributed by atoms with van der Waals surface area (Å²) in [4.78, 5) is 0. The minimum absolute atomic E-state index is 0.232. The summed E-state index contributed by atoms with van der Waals surface area (Å²) in [5.41, 5.74) is -0.711. The van der Waals surface area contributed by atoms with Crippen molar-refractivity contribution in [2.45, 2.75) is 18.9 Å². The molecule has 0 heterocycles. The first kappa shape index (κ1) is 15.3. The Balaban J connectivity index is 2.63. The van der Waals surface area contributed by atoms with Crippen molar-refractivity contribution < 1.29 is 19.0 Å². The number of hydrogen-bond donors (Lipinski definition) is 1. The molecule has 4 heteroatoms. The van der Waals surface area contributed by atoms with Crippen molar-refractivity contribution in [1.29, 1.82) is 0 Å². The molecule has 0 aliphatic heterocycles. The monoisotopic (exact) mass is 290 g/mol. The van der Waals surface area contributed by atoms with E-state index in [0.717, 1.165) is 0 Å². The van der Waals surface area contributed by atoms with E-state index in [-0.39, 0.29) is 5.56 Å². The first-order valence-corrected chi connectivity index (χ1v) is 6.76. The van der Waals surface area contributed by atoms with Gasteiger partial charge in [0.05, 0.1) is 14.2 Å². The van der Waals surface area contributed by atoms with E-state index >= 15 is 0 Å². The van der Waals surface area contributed by atoms with Crippen molar-refractivity contribution in [2.75, 3.05) is 14.2 Å². The van der Waals surface area contributed by atoms with Crippen LogP contribution in [0.4, 0.5) is 4.39 Å². The first-order chi connectivity index (χ1) is 10.1. The van der Waals surface area contributed by atoms with E-state index in [1.807, 2.05) is 0 Å². The third-order valence-corrected chi connectivity index (χ3v) is 3.69. The van der Waals surface area contributed by atoms with E-state index < -0.39 is 11.4 Å². The third kappa shape index (κ3) is 2.72. The van der Waals surface area contributed by atoms with Crippen molar-refractivity contribution in [1.82, 2.24) is 0 Å². The molecule has 0 fully saturated rings. The molecule has 0 aromatic heterocycles. The number of hydrogen-bond acceptors (Lipinski definition) is 3. The standard InChI is InChI=1S/C17H19FO3/c1-4-17(19,13-7-5-6-8-15(13)18)14-10-9-12(20-2)11-16(14)21-3/h5-11,19H,4H2,1-3H3. The molecule has 2 aromatic carbocycles. The maximum atomic E-state index is 14.1. The van der Waals surface area contributed by atoms with E-state index in [2.05, 4.69) is 0 Å². The van der Waals surface area contributed by atoms with Crippen molar-refractivity contribution in [3.63, 3.8) is 0 Å². The third-order valence-electron chi connectivity index (χ3n) is 3.69. The van der Waals surface area contributed by atoms with Crippen LogP contribution in [-0.2, 0) is 5.60 Å². The van der Waals surface area contributed by atoms with E-state index in [4.69, 9.17) is 9.47 Å². The van der Waals surface area contributed by atoms with E-state index in [0.29, 0.717) is 23.5 Å². The second-order valence-electron chi connectivity index (χ2n) is 4.76. The van der Waals surface area contributed by atoms with Crippen LogP contribution in [0.15, 0.2) is 42.5 Å². The maximum absolute atomic E-state index is 14.1. The molecule has 1 unspecified atom stereocenters. The van der Waals surface area contributed by atoms with E-state index in [9.17, 15) is 9.50 Å². The van der Waals surface area contributed by atoms with E-state index in [1.54, 1.807) is 50.4 Å². The SMILES string of the molecule is CCC(O)(c1ccccc1F)c1ccc(OC)cc1OC. The van der Waals surface area contributed by atoms with Gasteiger partial charge in [0.15, 0.2) is 0 Å². The zero-order valence-corrected chi connectivity index (χ0v) is 12.4. The number of ether oxygens (including phenoxy) is 2. The van der Waals surface area contributed by atoms with E-state index in [1.165, 1.54) is 13.2 Å². The lowest BCUT2D eigenvalue weighted by molar-refractivity contribution is 0.0697. The molecule has 1 N–H and O–H groups in total. The smallest absolute Gasteiger partial charge is 0.129 e. The summed E-state index contributed by atoms with van der Waals surface area (Å²) in [6.07, 6.45) is 0.316. The Bertz CT molecular complexity index is 627. The summed E-state index contributed by atoms with van der Waals surface area (Å²) >= 11 is 0. The Morgan fingerprint density at radius 1 is 1.05 bits per heavy atom. The van der Waals surface area contributed by atoms with Gasteiger partial charge in [0.1, 0.15) is 22.9 Å². The predicted octanol–water partition coefficient (Wildman–Crippen LogP) is 3.49. The molecule has 3 nitrogen and oxygen atoms in total. The van der Waals surface area contributed by atoms with Gasteiger partial charge in [-0.05, 0) is 24.6 Å². The molecule has 2 rings (SSSR count). The van der Waals surface area contributed by atoms with Crippen LogP contribution in [0, 0.1) is 5.82 Å². The van der Waals surface area contributed by atoms with Crippen LogP contribution < -0.4 is 9.47 Å². The fourth-order valence-electron chi connectivity index (χ4n) is 2.46. The van der Waals surface area contributed by atoms with Gasteiger partial charge in [0.2, 0.25) is 0 Å². The highest BCUT2D eigenvalue weighted by Gasteiger charge is 2.35. The molecule has 2 aromatic rings. The van der Waals surface area contributed by atoms with Crippen LogP contribution in [0.3, 0.4) is 0 Å². The summed E-state index contributed by atoms with van der Waals surface area (Å²) in [6.45, 7) is 1.80. The van der Waals surface area contributed by atoms with Crippen LogP contribution in [0.25, 0.3) is 0 Å². The molecule has 0 saturated heterocycles. The second kappa shape index (κ2) is 6.14. The zero-order valence-electron chi connectivity index (χ0n) is 12.4. The molecule has 21 heavy (non-hydrogen) atoms. The lowest BCUT2D eigenvalue weighted by Gasteiger charge is -2.30. The fraction of sp³-hybridized carbons (Fsp3) is 0.294. The largest absolute Gasteiger partial charge is 0.497 e. The number of aliphatic hydroxyl groups is 1. The van der Waals surface area contributed by atoms with Gasteiger partial charge in [-0.1, -0.05) is 25.1 Å². The lowest BCUT2D eigenvalue weighted by Crippen LogP contribution is -2.28. The average molecular weight is 290 g/mol. The Labute approximate surface area is 124 Å². The van der Waals surface area contributed by atoms with Gasteiger partial charge in [-0.3, -0.25) is 0 Å². The van der Waals surface area contributed by atoms with Crippen LogP contribution >= 0.6 is 0 Å². The molecular formula is C17H19FO3. The van der Waals surface area contributed by atoms with Gasteiger partial charge in [-0.15, -0.1) is 0 Å². The summed E-state index contributed by atoms with van der Waals surface area (Å²) in [5.74, 6) is 0.629. The molecule has 112 valence electrons. The van der Waals surface area contributed by atoms with Gasteiger partial charge in [-0.2, -0.15) is 0 Å². The minimum atomic E-state index is -1.46. The summed E-state index contributed by atoms with van der Waals surface area (Å²) in [7, 11) is 3.06. The molecular weight excluding hydrogens is 271 g/mol. The van der Waals surface area contributed by atoms with Gasteiger partial charge in [-0.25, -0.2) is 4.39 Å². The first-order valence-electron chi connectivity index (χ1n) is 6.76. The highest BCUT2D eigenvalue weighted by atomic mass is 19.1. The van der Waals surface area contributed by atoms with Crippen LogP contribution in [0.2, 0.25) is 0 Å². The van der Waals surface area contributed by atoms with Gasteiger partial charge in [0, 0.05) is 17.2 Å². The lowest BCUT2D eigenvalue weighted by atomic mass is 9.83. The number of methoxy groups -OCH3 is 2. The number of benzene rings is 2. The summed E-state index contributed by atoms with van der Waals surface area (Å²) in [6, 6.07) is 11.3. The van der Waals surface area contributed by atoms with Gasteiger partial charge in [0.25, 0.3) is 0 Å². The number of rotatable bonds is 5. The van der Waals surface area contributed by atoms with Crippen molar-refractivity contribution in [2.24, 2.45) is 0 Å². The number of halogens is 1. The second-order valence-corrected chi connectivity index (χ2v) is 4.76. The molecule has 0 spiro atoms. The highest BCUT2D eigenvalue weighted by molar-refractivity contribution is 5.48. The predicted molar refractivity (Wildman–Crippen MR) is 79.2 cm³/mol. The van der Waals surface area contributed by atoms with Gasteiger partial charge < -0.3 is 14.6 Å². The van der Waals surface area contributed by atoms with Crippen LogP contribution in [-0.4, -0.2) is 19.3 Å². The molecule has 0 amide bonds. The molecule has 1 atom stereocenters. The summed E-state index contributed by atoms with van der Waals surface area (Å²) < 4.78 is 24.6. The van der Waals surface area contributed by atoms with Crippen molar-refractivity contribution in [3.8, 4) is 11.5 Å². The van der Waals surface area contributed by atoms with Crippen molar-refractivity contribution in [3.05, 3.63) is 59.4 Å². The van der Waals surface area contributed by atoms with Crippen LogP contribution in [0.5, 0.6) is 11.5 Å². The molecule has 0 bridgehead atoms.